The molecule has 0 saturated heterocycles. The molecule has 0 unspecified atom stereocenters. The van der Waals surface area contributed by atoms with E-state index in [-0.39, 0.29) is 18.3 Å². The van der Waals surface area contributed by atoms with Gasteiger partial charge in [-0.15, -0.1) is 11.3 Å². The Morgan fingerprint density at radius 2 is 2.00 bits per heavy atom. The van der Waals surface area contributed by atoms with Crippen molar-refractivity contribution in [3.63, 3.8) is 0 Å². The average Bonchev–Trinajstić information content (AvgIpc) is 2.69. The number of hydrogen-bond acceptors (Lipinski definition) is 4. The quantitative estimate of drug-likeness (QED) is 0.854. The van der Waals surface area contributed by atoms with Crippen molar-refractivity contribution < 1.29 is 14.7 Å². The molecule has 0 spiro atoms. The molecule has 6 nitrogen and oxygen atoms in total. The van der Waals surface area contributed by atoms with E-state index in [0.29, 0.717) is 23.0 Å². The van der Waals surface area contributed by atoms with E-state index in [4.69, 9.17) is 5.11 Å². The fourth-order valence-corrected chi connectivity index (χ4v) is 2.36. The molecule has 0 aliphatic rings. The lowest BCUT2D eigenvalue weighted by Gasteiger charge is -2.18. The van der Waals surface area contributed by atoms with Gasteiger partial charge in [0, 0.05) is 18.0 Å². The Morgan fingerprint density at radius 1 is 1.39 bits per heavy atom. The van der Waals surface area contributed by atoms with E-state index < -0.39 is 5.97 Å². The lowest BCUT2D eigenvalue weighted by atomic mass is 10.4. The maximum Gasteiger partial charge on any atom is 0.355 e. The number of carbonyl (C=O) groups is 2. The van der Waals surface area contributed by atoms with E-state index in [1.807, 2.05) is 13.8 Å². The molecule has 0 bridgehead atoms. The number of rotatable bonds is 5. The first kappa shape index (κ1) is 14.4. The van der Waals surface area contributed by atoms with E-state index in [1.165, 1.54) is 11.3 Å². The zero-order chi connectivity index (χ0) is 13.7. The summed E-state index contributed by atoms with van der Waals surface area (Å²) in [7, 11) is 0. The van der Waals surface area contributed by atoms with Gasteiger partial charge >= 0.3 is 12.0 Å². The molecule has 1 heterocycles. The van der Waals surface area contributed by atoms with Crippen molar-refractivity contribution in [3.8, 4) is 0 Å². The second-order valence-electron chi connectivity index (χ2n) is 3.65. The van der Waals surface area contributed by atoms with Crippen molar-refractivity contribution in [1.29, 1.82) is 0 Å². The van der Waals surface area contributed by atoms with Gasteiger partial charge in [-0.3, -0.25) is 0 Å². The van der Waals surface area contributed by atoms with Gasteiger partial charge in [0.2, 0.25) is 0 Å². The molecule has 2 N–H and O–H groups in total. The SMILES string of the molecule is CCN(CC)C(=O)NCc1nc(C(=O)O)c(C)s1. The third kappa shape index (κ3) is 3.43. The van der Waals surface area contributed by atoms with E-state index >= 15 is 0 Å². The normalized spacial score (nSPS) is 10.2. The fourth-order valence-electron chi connectivity index (χ4n) is 1.50. The number of aryl methyl sites for hydroxylation is 1. The monoisotopic (exact) mass is 271 g/mol. The number of carboxylic acid groups (broad SMARTS) is 1. The Bertz CT molecular complexity index is 441. The predicted octanol–water partition coefficient (Wildman–Crippen LogP) is 1.70. The van der Waals surface area contributed by atoms with Gasteiger partial charge in [0.25, 0.3) is 0 Å². The molecular formula is C11H17N3O3S. The fraction of sp³-hybridized carbons (Fsp3) is 0.545. The highest BCUT2D eigenvalue weighted by molar-refractivity contribution is 7.11. The molecule has 0 aliphatic carbocycles. The van der Waals surface area contributed by atoms with Crippen molar-refractivity contribution in [2.24, 2.45) is 0 Å². The summed E-state index contributed by atoms with van der Waals surface area (Å²) in [5, 5.41) is 12.2. The van der Waals surface area contributed by atoms with Gasteiger partial charge in [-0.2, -0.15) is 0 Å². The maximum atomic E-state index is 11.7. The van der Waals surface area contributed by atoms with E-state index in [0.717, 1.165) is 0 Å². The van der Waals surface area contributed by atoms with Crippen LogP contribution in [0.25, 0.3) is 0 Å². The van der Waals surface area contributed by atoms with Crippen molar-refractivity contribution >= 4 is 23.3 Å². The second-order valence-corrected chi connectivity index (χ2v) is 4.94. The van der Waals surface area contributed by atoms with Crippen LogP contribution in [0.15, 0.2) is 0 Å². The van der Waals surface area contributed by atoms with Crippen LogP contribution in [0.5, 0.6) is 0 Å². The van der Waals surface area contributed by atoms with Crippen LogP contribution in [-0.2, 0) is 6.54 Å². The first-order valence-electron chi connectivity index (χ1n) is 5.71. The smallest absolute Gasteiger partial charge is 0.355 e. The summed E-state index contributed by atoms with van der Waals surface area (Å²) >= 11 is 1.29. The Labute approximate surface area is 110 Å². The summed E-state index contributed by atoms with van der Waals surface area (Å²) in [6.07, 6.45) is 0. The van der Waals surface area contributed by atoms with Crippen molar-refractivity contribution in [2.75, 3.05) is 13.1 Å². The lowest BCUT2D eigenvalue weighted by molar-refractivity contribution is 0.0690. The molecule has 0 atom stereocenters. The molecule has 0 fully saturated rings. The van der Waals surface area contributed by atoms with Crippen LogP contribution in [0, 0.1) is 6.92 Å². The van der Waals surface area contributed by atoms with Gasteiger partial charge in [-0.1, -0.05) is 0 Å². The molecule has 1 rings (SSSR count). The summed E-state index contributed by atoms with van der Waals surface area (Å²) in [4.78, 5) is 28.8. The van der Waals surface area contributed by atoms with Gasteiger partial charge < -0.3 is 15.3 Å². The van der Waals surface area contributed by atoms with Crippen LogP contribution in [0.3, 0.4) is 0 Å². The number of thiazole rings is 1. The van der Waals surface area contributed by atoms with Crippen molar-refractivity contribution in [1.82, 2.24) is 15.2 Å². The van der Waals surface area contributed by atoms with Crippen LogP contribution in [0.2, 0.25) is 0 Å². The predicted molar refractivity (Wildman–Crippen MR) is 69.0 cm³/mol. The molecule has 0 radical (unpaired) electrons. The molecular weight excluding hydrogens is 254 g/mol. The second kappa shape index (κ2) is 6.34. The zero-order valence-electron chi connectivity index (χ0n) is 10.7. The van der Waals surface area contributed by atoms with Gasteiger partial charge in [-0.25, -0.2) is 14.6 Å². The summed E-state index contributed by atoms with van der Waals surface area (Å²) in [6, 6.07) is -0.162. The molecule has 2 amide bonds. The Kier molecular flexibility index (Phi) is 5.08. The van der Waals surface area contributed by atoms with Crippen LogP contribution < -0.4 is 5.32 Å². The van der Waals surface area contributed by atoms with Gasteiger partial charge in [0.1, 0.15) is 5.01 Å². The standard InChI is InChI=1S/C11H17N3O3S/c1-4-14(5-2)11(17)12-6-8-13-9(10(15)16)7(3)18-8/h4-6H2,1-3H3,(H,12,17)(H,15,16). The molecule has 1 aromatic rings. The Morgan fingerprint density at radius 3 is 2.44 bits per heavy atom. The number of hydrogen-bond donors (Lipinski definition) is 2. The molecule has 18 heavy (non-hydrogen) atoms. The van der Waals surface area contributed by atoms with E-state index in [2.05, 4.69) is 10.3 Å². The van der Waals surface area contributed by atoms with Crippen LogP contribution in [-0.4, -0.2) is 40.1 Å². The largest absolute Gasteiger partial charge is 0.476 e. The van der Waals surface area contributed by atoms with Crippen LogP contribution >= 0.6 is 11.3 Å². The van der Waals surface area contributed by atoms with Crippen molar-refractivity contribution in [3.05, 3.63) is 15.6 Å². The first-order chi connectivity index (χ1) is 8.49. The minimum Gasteiger partial charge on any atom is -0.476 e. The highest BCUT2D eigenvalue weighted by Crippen LogP contribution is 2.17. The maximum absolute atomic E-state index is 11.7. The number of amides is 2. The van der Waals surface area contributed by atoms with E-state index in [9.17, 15) is 9.59 Å². The Hall–Kier alpha value is -1.63. The topological polar surface area (TPSA) is 82.5 Å². The number of aromatic nitrogens is 1. The number of carbonyl (C=O) groups excluding carboxylic acids is 1. The van der Waals surface area contributed by atoms with Gasteiger partial charge in [-0.05, 0) is 20.8 Å². The third-order valence-electron chi connectivity index (χ3n) is 2.48. The zero-order valence-corrected chi connectivity index (χ0v) is 11.5. The number of aromatic carboxylic acids is 1. The minimum absolute atomic E-state index is 0.0621. The molecule has 7 heteroatoms. The van der Waals surface area contributed by atoms with E-state index in [1.54, 1.807) is 11.8 Å². The number of nitrogens with one attached hydrogen (secondary N) is 1. The summed E-state index contributed by atoms with van der Waals surface area (Å²) in [6.45, 7) is 7.04. The average molecular weight is 271 g/mol. The minimum atomic E-state index is -1.04. The molecule has 0 aliphatic heterocycles. The van der Waals surface area contributed by atoms with Gasteiger partial charge in [0.15, 0.2) is 5.69 Å². The van der Waals surface area contributed by atoms with Crippen molar-refractivity contribution in [2.45, 2.75) is 27.3 Å². The molecule has 0 aromatic carbocycles. The number of urea groups is 1. The number of carboxylic acids is 1. The molecule has 100 valence electrons. The highest BCUT2D eigenvalue weighted by atomic mass is 32.1. The highest BCUT2D eigenvalue weighted by Gasteiger charge is 2.15. The number of nitrogens with zero attached hydrogens (tertiary/aromatic N) is 2. The lowest BCUT2D eigenvalue weighted by Crippen LogP contribution is -2.39. The Balaban J connectivity index is 2.61. The van der Waals surface area contributed by atoms with Crippen LogP contribution in [0.1, 0.15) is 34.2 Å². The van der Waals surface area contributed by atoms with Gasteiger partial charge in [0.05, 0.1) is 6.54 Å². The molecule has 0 saturated carbocycles. The van der Waals surface area contributed by atoms with Crippen LogP contribution in [0.4, 0.5) is 4.79 Å². The summed E-state index contributed by atoms with van der Waals surface area (Å²) < 4.78 is 0. The molecule has 1 aromatic heterocycles. The first-order valence-corrected chi connectivity index (χ1v) is 6.53. The summed E-state index contributed by atoms with van der Waals surface area (Å²) in [5.74, 6) is -1.04. The summed E-state index contributed by atoms with van der Waals surface area (Å²) in [5.41, 5.74) is 0.0621. The third-order valence-corrected chi connectivity index (χ3v) is 3.46.